The molecule has 4 heteroatoms. The van der Waals surface area contributed by atoms with Gasteiger partial charge in [-0.3, -0.25) is 0 Å². The quantitative estimate of drug-likeness (QED) is 0.216. The number of hydrogen-bond donors (Lipinski definition) is 0. The van der Waals surface area contributed by atoms with Gasteiger partial charge in [-0.05, 0) is 65.0 Å². The fourth-order valence-corrected chi connectivity index (χ4v) is 5.24. The molecule has 0 fully saturated rings. The zero-order valence-electron chi connectivity index (χ0n) is 18.1. The molecule has 0 aliphatic rings. The van der Waals surface area contributed by atoms with Gasteiger partial charge in [0.25, 0.3) is 11.6 Å². The van der Waals surface area contributed by atoms with Gasteiger partial charge in [-0.1, -0.05) is 30.3 Å². The zero-order chi connectivity index (χ0) is 21.6. The normalized spacial score (nSPS) is 12.2. The third-order valence-corrected chi connectivity index (χ3v) is 6.92. The van der Waals surface area contributed by atoms with E-state index < -0.39 is 0 Å². The average Bonchev–Trinajstić information content (AvgIpc) is 3.46. The molecule has 0 saturated heterocycles. The Morgan fingerprint density at radius 1 is 0.812 bits per heavy atom. The summed E-state index contributed by atoms with van der Waals surface area (Å²) in [7, 11) is 2.16. The monoisotopic (exact) mass is 417 g/mol. The number of hydrogen-bond acceptors (Lipinski definition) is 2. The lowest BCUT2D eigenvalue weighted by Crippen LogP contribution is -2.31. The molecule has 4 aromatic carbocycles. The maximum Gasteiger partial charge on any atom is 0.298 e. The molecule has 7 rings (SSSR count). The van der Waals surface area contributed by atoms with E-state index >= 15 is 0 Å². The fraction of sp³-hybridized carbons (Fsp3) is 0.107. The Kier molecular flexibility index (Phi) is 3.31. The van der Waals surface area contributed by atoms with Crippen molar-refractivity contribution in [3.8, 4) is 5.69 Å². The Morgan fingerprint density at radius 3 is 2.50 bits per heavy atom. The summed E-state index contributed by atoms with van der Waals surface area (Å²) in [5.74, 6) is 1.77. The van der Waals surface area contributed by atoms with Crippen LogP contribution in [0.4, 0.5) is 0 Å². The van der Waals surface area contributed by atoms with E-state index in [-0.39, 0.29) is 0 Å². The van der Waals surface area contributed by atoms with Gasteiger partial charge in [0.2, 0.25) is 0 Å². The molecule has 0 aliphatic carbocycles. The Labute approximate surface area is 183 Å². The highest BCUT2D eigenvalue weighted by Crippen LogP contribution is 2.38. The average molecular weight is 417 g/mol. The highest BCUT2D eigenvalue weighted by Gasteiger charge is 2.25. The third kappa shape index (κ3) is 2.14. The van der Waals surface area contributed by atoms with Gasteiger partial charge in [0, 0.05) is 17.7 Å². The second-order valence-electron chi connectivity index (χ2n) is 8.62. The Bertz CT molecular complexity index is 1860. The first-order chi connectivity index (χ1) is 15.6. The largest absolute Gasteiger partial charge is 0.433 e. The summed E-state index contributed by atoms with van der Waals surface area (Å²) in [5.41, 5.74) is 5.75. The first-order valence-electron chi connectivity index (χ1n) is 10.8. The van der Waals surface area contributed by atoms with Gasteiger partial charge in [-0.2, -0.15) is 4.57 Å². The zero-order valence-corrected chi connectivity index (χ0v) is 18.1. The van der Waals surface area contributed by atoms with Gasteiger partial charge < -0.3 is 8.83 Å². The van der Waals surface area contributed by atoms with Gasteiger partial charge in [-0.15, -0.1) is 0 Å². The molecule has 32 heavy (non-hydrogen) atoms. The molecule has 0 radical (unpaired) electrons. The van der Waals surface area contributed by atoms with Crippen molar-refractivity contribution in [2.75, 3.05) is 0 Å². The number of aromatic nitrogens is 2. The number of aryl methyl sites for hydroxylation is 2. The van der Waals surface area contributed by atoms with Crippen molar-refractivity contribution in [1.82, 2.24) is 4.57 Å². The van der Waals surface area contributed by atoms with E-state index in [0.717, 1.165) is 16.4 Å². The van der Waals surface area contributed by atoms with Crippen molar-refractivity contribution in [2.24, 2.45) is 7.05 Å². The number of imidazole rings is 1. The second kappa shape index (κ2) is 6.01. The van der Waals surface area contributed by atoms with Crippen LogP contribution in [-0.2, 0) is 7.05 Å². The summed E-state index contributed by atoms with van der Waals surface area (Å²) in [6.45, 7) is 4.35. The number of benzene rings is 4. The summed E-state index contributed by atoms with van der Waals surface area (Å²) < 4.78 is 16.2. The minimum absolute atomic E-state index is 0.580. The van der Waals surface area contributed by atoms with Gasteiger partial charge in [0.05, 0.1) is 18.7 Å². The van der Waals surface area contributed by atoms with Crippen LogP contribution in [-0.4, -0.2) is 4.57 Å². The summed E-state index contributed by atoms with van der Waals surface area (Å²) in [4.78, 5) is 0. The predicted octanol–water partition coefficient (Wildman–Crippen LogP) is 6.87. The van der Waals surface area contributed by atoms with Crippen molar-refractivity contribution in [1.29, 1.82) is 0 Å². The van der Waals surface area contributed by atoms with E-state index in [9.17, 15) is 0 Å². The third-order valence-electron chi connectivity index (χ3n) is 6.92. The van der Waals surface area contributed by atoms with Crippen molar-refractivity contribution in [3.05, 3.63) is 84.4 Å². The standard InChI is InChI=1S/C28H21N2O2/c1-16-6-4-5-7-23(16)30-17(2)29(3)27-24(30)11-10-18-8-9-19-14-22-20-12-13-31-28(20)32-25(22)15-21(19)26(18)27/h4-15H,1-3H3/q+1. The van der Waals surface area contributed by atoms with Crippen LogP contribution < -0.4 is 4.57 Å². The number of para-hydroxylation sites is 1. The molecule has 7 aromatic rings. The van der Waals surface area contributed by atoms with Gasteiger partial charge in [0.1, 0.15) is 11.3 Å². The van der Waals surface area contributed by atoms with E-state index in [1.165, 1.54) is 49.7 Å². The first-order valence-corrected chi connectivity index (χ1v) is 10.8. The van der Waals surface area contributed by atoms with E-state index in [1.54, 1.807) is 6.26 Å². The molecule has 0 atom stereocenters. The van der Waals surface area contributed by atoms with Crippen LogP contribution in [0.3, 0.4) is 0 Å². The lowest BCUT2D eigenvalue weighted by molar-refractivity contribution is -0.651. The molecule has 0 unspecified atom stereocenters. The van der Waals surface area contributed by atoms with Crippen LogP contribution in [0.25, 0.3) is 60.4 Å². The van der Waals surface area contributed by atoms with E-state index in [2.05, 4.69) is 90.7 Å². The molecular weight excluding hydrogens is 396 g/mol. The van der Waals surface area contributed by atoms with E-state index in [4.69, 9.17) is 8.83 Å². The molecule has 0 saturated carbocycles. The summed E-state index contributed by atoms with van der Waals surface area (Å²) >= 11 is 0. The summed E-state index contributed by atoms with van der Waals surface area (Å²) in [6, 6.07) is 23.8. The van der Waals surface area contributed by atoms with Crippen molar-refractivity contribution >= 4 is 54.7 Å². The summed E-state index contributed by atoms with van der Waals surface area (Å²) in [6.07, 6.45) is 1.68. The molecule has 3 aromatic heterocycles. The van der Waals surface area contributed by atoms with Crippen molar-refractivity contribution in [2.45, 2.75) is 13.8 Å². The molecule has 0 N–H and O–H groups in total. The molecule has 0 spiro atoms. The molecule has 0 amide bonds. The Morgan fingerprint density at radius 2 is 1.62 bits per heavy atom. The van der Waals surface area contributed by atoms with Crippen LogP contribution in [0, 0.1) is 13.8 Å². The van der Waals surface area contributed by atoms with Crippen LogP contribution >= 0.6 is 0 Å². The smallest absolute Gasteiger partial charge is 0.298 e. The molecule has 0 aliphatic heterocycles. The molecule has 4 nitrogen and oxygen atoms in total. The molecule has 0 bridgehead atoms. The number of rotatable bonds is 1. The maximum atomic E-state index is 6.03. The minimum atomic E-state index is 0.580. The minimum Gasteiger partial charge on any atom is -0.433 e. The Hall–Kier alpha value is -4.05. The van der Waals surface area contributed by atoms with Gasteiger partial charge >= 0.3 is 0 Å². The topological polar surface area (TPSA) is 35.1 Å². The van der Waals surface area contributed by atoms with E-state index in [0.29, 0.717) is 5.78 Å². The van der Waals surface area contributed by atoms with E-state index in [1.807, 2.05) is 6.07 Å². The van der Waals surface area contributed by atoms with Gasteiger partial charge in [-0.25, -0.2) is 4.57 Å². The lowest BCUT2D eigenvalue weighted by Gasteiger charge is -2.06. The van der Waals surface area contributed by atoms with Crippen LogP contribution in [0.1, 0.15) is 11.4 Å². The lowest BCUT2D eigenvalue weighted by atomic mass is 9.99. The second-order valence-corrected chi connectivity index (χ2v) is 8.62. The van der Waals surface area contributed by atoms with Crippen LogP contribution in [0.15, 0.2) is 81.8 Å². The molecular formula is C28H21N2O2+. The maximum absolute atomic E-state index is 6.03. The predicted molar refractivity (Wildman–Crippen MR) is 128 cm³/mol. The summed E-state index contributed by atoms with van der Waals surface area (Å²) in [5, 5.41) is 6.96. The number of nitrogens with zero attached hydrogens (tertiary/aromatic N) is 2. The van der Waals surface area contributed by atoms with Crippen molar-refractivity contribution < 1.29 is 13.4 Å². The Balaban J connectivity index is 1.67. The first kappa shape index (κ1) is 17.6. The highest BCUT2D eigenvalue weighted by atomic mass is 16.5. The molecule has 154 valence electrons. The number of fused-ring (bicyclic) bond motifs is 8. The SMILES string of the molecule is Cc1ccccc1-n1c(C)[n+](C)c2c3c(ccc4cc5c(cc43)oc3occc35)ccc21. The number of furan rings is 2. The highest BCUT2D eigenvalue weighted by molar-refractivity contribution is 6.21. The fourth-order valence-electron chi connectivity index (χ4n) is 5.24. The van der Waals surface area contributed by atoms with Crippen LogP contribution in [0.2, 0.25) is 0 Å². The van der Waals surface area contributed by atoms with Crippen molar-refractivity contribution in [3.63, 3.8) is 0 Å². The van der Waals surface area contributed by atoms with Crippen LogP contribution in [0.5, 0.6) is 0 Å². The molecule has 3 heterocycles. The van der Waals surface area contributed by atoms with Gasteiger partial charge in [0.15, 0.2) is 11.0 Å².